The van der Waals surface area contributed by atoms with Crippen molar-refractivity contribution in [3.8, 4) is 5.75 Å². The fourth-order valence-electron chi connectivity index (χ4n) is 1.72. The van der Waals surface area contributed by atoms with E-state index in [1.54, 1.807) is 0 Å². The fraction of sp³-hybridized carbons (Fsp3) is 0.600. The van der Waals surface area contributed by atoms with Gasteiger partial charge < -0.3 is 14.7 Å². The predicted molar refractivity (Wildman–Crippen MR) is 75.2 cm³/mol. The normalized spacial score (nSPS) is 13.7. The molecule has 0 saturated heterocycles. The topological polar surface area (TPSA) is 32.7 Å². The van der Waals surface area contributed by atoms with E-state index in [1.165, 1.54) is 5.56 Å². The Balaban J connectivity index is 2.49. The van der Waals surface area contributed by atoms with Gasteiger partial charge in [-0.1, -0.05) is 32.9 Å². The van der Waals surface area contributed by atoms with Crippen molar-refractivity contribution in [2.75, 3.05) is 27.2 Å². The lowest BCUT2D eigenvalue weighted by Gasteiger charge is -2.20. The minimum atomic E-state index is -0.456. The van der Waals surface area contributed by atoms with Gasteiger partial charge in [0.25, 0.3) is 0 Å². The van der Waals surface area contributed by atoms with Gasteiger partial charge in [0.2, 0.25) is 0 Å². The number of hydrogen-bond acceptors (Lipinski definition) is 3. The van der Waals surface area contributed by atoms with E-state index < -0.39 is 6.10 Å². The Hall–Kier alpha value is -1.06. The summed E-state index contributed by atoms with van der Waals surface area (Å²) in [5, 5.41) is 9.70. The standard InChI is InChI=1S/C15H25NO2/c1-15(2,3)12-6-8-14(9-7-12)18-11-13(17)10-16(4)5/h6-9,13,17H,10-11H2,1-5H3/t13-/m1/s1. The third kappa shape index (κ3) is 5.07. The van der Waals surface area contributed by atoms with Crippen LogP contribution in [0.4, 0.5) is 0 Å². The van der Waals surface area contributed by atoms with Crippen LogP contribution < -0.4 is 4.74 Å². The average Bonchev–Trinajstić information content (AvgIpc) is 2.25. The van der Waals surface area contributed by atoms with E-state index in [-0.39, 0.29) is 5.41 Å². The van der Waals surface area contributed by atoms with E-state index in [4.69, 9.17) is 4.74 Å². The second-order valence-corrected chi connectivity index (χ2v) is 6.00. The SMILES string of the molecule is CN(C)C[C@@H](O)COc1ccc(C(C)(C)C)cc1. The first-order valence-electron chi connectivity index (χ1n) is 6.35. The Morgan fingerprint density at radius 2 is 1.72 bits per heavy atom. The molecule has 0 amide bonds. The monoisotopic (exact) mass is 251 g/mol. The number of likely N-dealkylation sites (N-methyl/N-ethyl adjacent to an activating group) is 1. The molecule has 1 N–H and O–H groups in total. The summed E-state index contributed by atoms with van der Waals surface area (Å²) in [6.07, 6.45) is -0.456. The van der Waals surface area contributed by atoms with Gasteiger partial charge in [0.15, 0.2) is 0 Å². The molecule has 102 valence electrons. The molecule has 0 aliphatic carbocycles. The largest absolute Gasteiger partial charge is 0.491 e. The zero-order valence-corrected chi connectivity index (χ0v) is 12.1. The van der Waals surface area contributed by atoms with Crippen molar-refractivity contribution in [3.05, 3.63) is 29.8 Å². The lowest BCUT2D eigenvalue weighted by molar-refractivity contribution is 0.0831. The van der Waals surface area contributed by atoms with Gasteiger partial charge in [0, 0.05) is 6.54 Å². The van der Waals surface area contributed by atoms with Crippen LogP contribution in [-0.4, -0.2) is 43.4 Å². The van der Waals surface area contributed by atoms with Crippen molar-refractivity contribution >= 4 is 0 Å². The number of nitrogens with zero attached hydrogens (tertiary/aromatic N) is 1. The molecule has 0 bridgehead atoms. The van der Waals surface area contributed by atoms with Gasteiger partial charge in [-0.25, -0.2) is 0 Å². The van der Waals surface area contributed by atoms with Crippen molar-refractivity contribution < 1.29 is 9.84 Å². The van der Waals surface area contributed by atoms with E-state index in [0.717, 1.165) is 5.75 Å². The molecule has 1 rings (SSSR count). The summed E-state index contributed by atoms with van der Waals surface area (Å²) in [5.74, 6) is 0.806. The van der Waals surface area contributed by atoms with Crippen LogP contribution in [0.5, 0.6) is 5.75 Å². The smallest absolute Gasteiger partial charge is 0.119 e. The quantitative estimate of drug-likeness (QED) is 0.871. The maximum atomic E-state index is 9.70. The number of ether oxygens (including phenoxy) is 1. The summed E-state index contributed by atoms with van der Waals surface area (Å²) >= 11 is 0. The van der Waals surface area contributed by atoms with Crippen molar-refractivity contribution in [1.82, 2.24) is 4.90 Å². The van der Waals surface area contributed by atoms with E-state index in [0.29, 0.717) is 13.2 Å². The molecule has 0 radical (unpaired) electrons. The zero-order chi connectivity index (χ0) is 13.8. The number of aliphatic hydroxyl groups excluding tert-OH is 1. The maximum Gasteiger partial charge on any atom is 0.119 e. The molecule has 0 saturated carbocycles. The molecule has 1 aromatic rings. The molecule has 0 aliphatic rings. The van der Waals surface area contributed by atoms with Crippen LogP contribution in [0, 0.1) is 0 Å². The highest BCUT2D eigenvalue weighted by Gasteiger charge is 2.13. The predicted octanol–water partition coefficient (Wildman–Crippen LogP) is 2.29. The van der Waals surface area contributed by atoms with E-state index in [9.17, 15) is 5.11 Å². The van der Waals surface area contributed by atoms with Crippen molar-refractivity contribution in [1.29, 1.82) is 0 Å². The molecule has 0 spiro atoms. The van der Waals surface area contributed by atoms with E-state index in [2.05, 4.69) is 32.9 Å². The lowest BCUT2D eigenvalue weighted by Crippen LogP contribution is -2.30. The molecule has 1 atom stereocenters. The Labute approximate surface area is 110 Å². The second-order valence-electron chi connectivity index (χ2n) is 6.00. The third-order valence-corrected chi connectivity index (χ3v) is 2.74. The molecule has 0 unspecified atom stereocenters. The van der Waals surface area contributed by atoms with Gasteiger partial charge in [-0.05, 0) is 37.2 Å². The van der Waals surface area contributed by atoms with Gasteiger partial charge >= 0.3 is 0 Å². The summed E-state index contributed by atoms with van der Waals surface area (Å²) in [6, 6.07) is 8.08. The molecule has 0 heterocycles. The first-order chi connectivity index (χ1) is 8.29. The first-order valence-corrected chi connectivity index (χ1v) is 6.35. The Kier molecular flexibility index (Phi) is 5.17. The molecular weight excluding hydrogens is 226 g/mol. The van der Waals surface area contributed by atoms with Gasteiger partial charge in [0.05, 0.1) is 0 Å². The average molecular weight is 251 g/mol. The zero-order valence-electron chi connectivity index (χ0n) is 12.1. The molecule has 3 nitrogen and oxygen atoms in total. The molecular formula is C15H25NO2. The highest BCUT2D eigenvalue weighted by atomic mass is 16.5. The van der Waals surface area contributed by atoms with Gasteiger partial charge in [-0.3, -0.25) is 0 Å². The molecule has 0 aromatic heterocycles. The number of aliphatic hydroxyl groups is 1. The lowest BCUT2D eigenvalue weighted by atomic mass is 9.87. The summed E-state index contributed by atoms with van der Waals surface area (Å²) in [4.78, 5) is 1.94. The Morgan fingerprint density at radius 3 is 2.17 bits per heavy atom. The highest BCUT2D eigenvalue weighted by Crippen LogP contribution is 2.24. The van der Waals surface area contributed by atoms with Gasteiger partial charge in [-0.2, -0.15) is 0 Å². The molecule has 1 aromatic carbocycles. The van der Waals surface area contributed by atoms with E-state index >= 15 is 0 Å². The Bertz CT molecular complexity index is 352. The van der Waals surface area contributed by atoms with Crippen molar-refractivity contribution in [3.63, 3.8) is 0 Å². The van der Waals surface area contributed by atoms with Crippen molar-refractivity contribution in [2.24, 2.45) is 0 Å². The van der Waals surface area contributed by atoms with Crippen LogP contribution in [0.2, 0.25) is 0 Å². The summed E-state index contributed by atoms with van der Waals surface area (Å²) in [7, 11) is 3.86. The minimum absolute atomic E-state index is 0.156. The van der Waals surface area contributed by atoms with Crippen LogP contribution in [0.15, 0.2) is 24.3 Å². The third-order valence-electron chi connectivity index (χ3n) is 2.74. The van der Waals surface area contributed by atoms with E-state index in [1.807, 2.05) is 31.1 Å². The second kappa shape index (κ2) is 6.21. The molecule has 18 heavy (non-hydrogen) atoms. The number of rotatable bonds is 5. The molecule has 0 fully saturated rings. The summed E-state index contributed by atoms with van der Waals surface area (Å²) in [6.45, 7) is 7.49. The number of benzene rings is 1. The highest BCUT2D eigenvalue weighted by molar-refractivity contribution is 5.31. The van der Waals surface area contributed by atoms with Gasteiger partial charge in [0.1, 0.15) is 18.5 Å². The van der Waals surface area contributed by atoms with Crippen LogP contribution in [0.3, 0.4) is 0 Å². The van der Waals surface area contributed by atoms with Crippen LogP contribution in [0.25, 0.3) is 0 Å². The number of hydrogen-bond donors (Lipinski definition) is 1. The Morgan fingerprint density at radius 1 is 1.17 bits per heavy atom. The molecule has 0 aliphatic heterocycles. The van der Waals surface area contributed by atoms with Crippen LogP contribution >= 0.6 is 0 Å². The first kappa shape index (κ1) is 15.0. The molecule has 3 heteroatoms. The van der Waals surface area contributed by atoms with Crippen molar-refractivity contribution in [2.45, 2.75) is 32.3 Å². The minimum Gasteiger partial charge on any atom is -0.491 e. The summed E-state index contributed by atoms with van der Waals surface area (Å²) in [5.41, 5.74) is 1.44. The van der Waals surface area contributed by atoms with Crippen LogP contribution in [-0.2, 0) is 5.41 Å². The van der Waals surface area contributed by atoms with Crippen LogP contribution in [0.1, 0.15) is 26.3 Å². The summed E-state index contributed by atoms with van der Waals surface area (Å²) < 4.78 is 5.56. The van der Waals surface area contributed by atoms with Gasteiger partial charge in [-0.15, -0.1) is 0 Å². The maximum absolute atomic E-state index is 9.70. The fourth-order valence-corrected chi connectivity index (χ4v) is 1.72.